The average Bonchev–Trinajstić information content (AvgIpc) is 2.98. The van der Waals surface area contributed by atoms with Gasteiger partial charge in [-0.25, -0.2) is 4.98 Å². The number of hydrogen-bond acceptors (Lipinski definition) is 4. The highest BCUT2D eigenvalue weighted by Crippen LogP contribution is 2.20. The number of aromatic nitrogens is 2. The molecule has 0 unspecified atom stereocenters. The monoisotopic (exact) mass is 387 g/mol. The maximum atomic E-state index is 12.9. The number of rotatable bonds is 4. The van der Waals surface area contributed by atoms with Gasteiger partial charge >= 0.3 is 0 Å². The molecule has 0 saturated heterocycles. The molecule has 0 saturated carbocycles. The lowest BCUT2D eigenvalue weighted by Gasteiger charge is -2.13. The normalized spacial score (nSPS) is 13.0. The summed E-state index contributed by atoms with van der Waals surface area (Å²) in [6.07, 6.45) is 4.03. The minimum absolute atomic E-state index is 0.112. The van der Waals surface area contributed by atoms with Crippen LogP contribution in [0.25, 0.3) is 10.9 Å². The van der Waals surface area contributed by atoms with Crippen LogP contribution in [0.1, 0.15) is 43.3 Å². The highest BCUT2D eigenvalue weighted by atomic mass is 79.9. The number of hydrogen-bond donors (Lipinski definition) is 0. The molecule has 0 radical (unpaired) electrons. The van der Waals surface area contributed by atoms with Crippen LogP contribution >= 0.6 is 15.9 Å². The molecule has 0 fully saturated rings. The number of furan rings is 1. The van der Waals surface area contributed by atoms with Gasteiger partial charge in [0.15, 0.2) is 0 Å². The Morgan fingerprint density at radius 1 is 1.42 bits per heavy atom. The summed E-state index contributed by atoms with van der Waals surface area (Å²) in [5.41, 5.74) is 1.46. The van der Waals surface area contributed by atoms with Crippen LogP contribution in [-0.2, 0) is 0 Å². The fraction of sp³-hybridized carbons (Fsp3) is 0.278. The second-order valence-electron chi connectivity index (χ2n) is 5.77. The number of fused-ring (bicyclic) bond motifs is 1. The van der Waals surface area contributed by atoms with Crippen molar-refractivity contribution in [3.8, 4) is 0 Å². The van der Waals surface area contributed by atoms with Gasteiger partial charge in [0.25, 0.3) is 5.56 Å². The van der Waals surface area contributed by atoms with Crippen LogP contribution in [0.15, 0.2) is 49.3 Å². The summed E-state index contributed by atoms with van der Waals surface area (Å²) in [7, 11) is 0. The van der Waals surface area contributed by atoms with E-state index in [0.29, 0.717) is 22.5 Å². The third-order valence-electron chi connectivity index (χ3n) is 4.08. The summed E-state index contributed by atoms with van der Waals surface area (Å²) in [6.45, 7) is 6.03. The molecule has 0 N–H and O–H groups in total. The van der Waals surface area contributed by atoms with Crippen molar-refractivity contribution in [1.29, 1.82) is 0 Å². The number of nitrogens with zero attached hydrogens (tertiary/aromatic N) is 3. The Hall–Kier alpha value is -2.21. The van der Waals surface area contributed by atoms with Crippen LogP contribution in [0.2, 0.25) is 0 Å². The van der Waals surface area contributed by atoms with Crippen LogP contribution < -0.4 is 5.56 Å². The van der Waals surface area contributed by atoms with Gasteiger partial charge in [-0.1, -0.05) is 29.8 Å². The minimum atomic E-state index is -0.183. The maximum absolute atomic E-state index is 12.9. The molecule has 1 atom stereocenters. The van der Waals surface area contributed by atoms with Gasteiger partial charge in [0.05, 0.1) is 23.4 Å². The van der Waals surface area contributed by atoms with Crippen LogP contribution in [0.5, 0.6) is 0 Å². The van der Waals surface area contributed by atoms with Gasteiger partial charge in [0, 0.05) is 10.4 Å². The Kier molecular flexibility index (Phi) is 4.66. The molecular weight excluding hydrogens is 370 g/mol. The van der Waals surface area contributed by atoms with Crippen molar-refractivity contribution in [2.24, 2.45) is 5.10 Å². The molecule has 3 aromatic rings. The predicted molar refractivity (Wildman–Crippen MR) is 98.8 cm³/mol. The van der Waals surface area contributed by atoms with Crippen molar-refractivity contribution < 1.29 is 4.42 Å². The van der Waals surface area contributed by atoms with Crippen molar-refractivity contribution in [2.45, 2.75) is 33.1 Å². The summed E-state index contributed by atoms with van der Waals surface area (Å²) in [6, 6.07) is 7.36. The smallest absolute Gasteiger partial charge is 0.282 e. The lowest BCUT2D eigenvalue weighted by molar-refractivity contribution is 0.555. The summed E-state index contributed by atoms with van der Waals surface area (Å²) in [4.78, 5) is 17.6. The van der Waals surface area contributed by atoms with E-state index in [0.717, 1.165) is 16.5 Å². The molecule has 24 heavy (non-hydrogen) atoms. The first-order chi connectivity index (χ1) is 11.5. The van der Waals surface area contributed by atoms with E-state index in [9.17, 15) is 4.79 Å². The fourth-order valence-electron chi connectivity index (χ4n) is 2.41. The molecule has 2 heterocycles. The first-order valence-electron chi connectivity index (χ1n) is 7.82. The molecule has 0 aliphatic carbocycles. The maximum Gasteiger partial charge on any atom is 0.282 e. The van der Waals surface area contributed by atoms with E-state index in [-0.39, 0.29) is 11.5 Å². The third kappa shape index (κ3) is 3.06. The highest BCUT2D eigenvalue weighted by molar-refractivity contribution is 9.10. The molecule has 6 heteroatoms. The molecular formula is C18H18BrN3O2. The van der Waals surface area contributed by atoms with E-state index < -0.39 is 0 Å². The van der Waals surface area contributed by atoms with Crippen LogP contribution in [0, 0.1) is 6.92 Å². The van der Waals surface area contributed by atoms with Crippen molar-refractivity contribution in [2.75, 3.05) is 0 Å². The molecule has 1 aromatic carbocycles. The standard InChI is InChI=1S/C18H18BrN3O2/c1-4-11(2)17-21-15-6-5-13(19)9-14(15)18(23)22(17)20-10-16-12(3)7-8-24-16/h5-11H,4H2,1-3H3/t11-/m0/s1. The molecule has 124 valence electrons. The quantitative estimate of drug-likeness (QED) is 0.621. The largest absolute Gasteiger partial charge is 0.463 e. The van der Waals surface area contributed by atoms with Crippen LogP contribution in [-0.4, -0.2) is 15.9 Å². The number of benzene rings is 1. The van der Waals surface area contributed by atoms with Gasteiger partial charge in [0.1, 0.15) is 11.6 Å². The first-order valence-corrected chi connectivity index (χ1v) is 8.61. The second-order valence-corrected chi connectivity index (χ2v) is 6.69. The Morgan fingerprint density at radius 2 is 2.21 bits per heavy atom. The molecule has 0 bridgehead atoms. The fourth-order valence-corrected chi connectivity index (χ4v) is 2.77. The molecule has 0 aliphatic rings. The van der Waals surface area contributed by atoms with E-state index in [2.05, 4.69) is 32.9 Å². The SMILES string of the molecule is CC[C@H](C)c1nc2ccc(Br)cc2c(=O)n1N=Cc1occc1C. The van der Waals surface area contributed by atoms with Crippen molar-refractivity contribution in [1.82, 2.24) is 9.66 Å². The summed E-state index contributed by atoms with van der Waals surface area (Å²) in [5, 5.41) is 4.90. The molecule has 3 rings (SSSR count). The average molecular weight is 388 g/mol. The van der Waals surface area contributed by atoms with Crippen LogP contribution in [0.4, 0.5) is 0 Å². The number of halogens is 1. The first kappa shape index (κ1) is 16.6. The van der Waals surface area contributed by atoms with E-state index in [4.69, 9.17) is 4.42 Å². The van der Waals surface area contributed by atoms with E-state index in [1.165, 1.54) is 4.68 Å². The summed E-state index contributed by atoms with van der Waals surface area (Å²) >= 11 is 3.40. The molecule has 2 aromatic heterocycles. The van der Waals surface area contributed by atoms with Gasteiger partial charge in [-0.05, 0) is 43.2 Å². The Labute approximate surface area is 148 Å². The zero-order valence-corrected chi connectivity index (χ0v) is 15.4. The minimum Gasteiger partial charge on any atom is -0.463 e. The van der Waals surface area contributed by atoms with Crippen LogP contribution in [0.3, 0.4) is 0 Å². The lowest BCUT2D eigenvalue weighted by Crippen LogP contribution is -2.23. The van der Waals surface area contributed by atoms with Gasteiger partial charge in [0.2, 0.25) is 0 Å². The zero-order chi connectivity index (χ0) is 17.3. The Balaban J connectivity index is 2.23. The highest BCUT2D eigenvalue weighted by Gasteiger charge is 2.15. The van der Waals surface area contributed by atoms with Crippen molar-refractivity contribution in [3.05, 3.63) is 62.5 Å². The van der Waals surface area contributed by atoms with Gasteiger partial charge in [-0.15, -0.1) is 0 Å². The predicted octanol–water partition coefficient (Wildman–Crippen LogP) is 4.46. The summed E-state index contributed by atoms with van der Waals surface area (Å²) < 4.78 is 7.58. The number of aryl methyl sites for hydroxylation is 1. The zero-order valence-electron chi connectivity index (χ0n) is 13.8. The molecule has 0 spiro atoms. The Morgan fingerprint density at radius 3 is 2.88 bits per heavy atom. The van der Waals surface area contributed by atoms with Crippen molar-refractivity contribution in [3.63, 3.8) is 0 Å². The second kappa shape index (κ2) is 6.73. The molecule has 5 nitrogen and oxygen atoms in total. The van der Waals surface area contributed by atoms with Gasteiger partial charge in [-0.2, -0.15) is 9.78 Å². The van der Waals surface area contributed by atoms with E-state index >= 15 is 0 Å². The van der Waals surface area contributed by atoms with E-state index in [1.807, 2.05) is 32.0 Å². The lowest BCUT2D eigenvalue weighted by atomic mass is 10.1. The van der Waals surface area contributed by atoms with Gasteiger partial charge < -0.3 is 4.42 Å². The molecule has 0 amide bonds. The van der Waals surface area contributed by atoms with Gasteiger partial charge in [-0.3, -0.25) is 4.79 Å². The molecule has 0 aliphatic heterocycles. The Bertz CT molecular complexity index is 972. The summed E-state index contributed by atoms with van der Waals surface area (Å²) in [5.74, 6) is 1.39. The van der Waals surface area contributed by atoms with Crippen molar-refractivity contribution >= 4 is 33.0 Å². The third-order valence-corrected chi connectivity index (χ3v) is 4.57. The van der Waals surface area contributed by atoms with E-state index in [1.54, 1.807) is 18.5 Å². The topological polar surface area (TPSA) is 60.4 Å².